The summed E-state index contributed by atoms with van der Waals surface area (Å²) in [6.07, 6.45) is -3.16. The van der Waals surface area contributed by atoms with E-state index in [0.717, 1.165) is 11.1 Å². The number of anilines is 1. The number of carbonyl (C=O) groups is 4. The maximum atomic E-state index is 13.5. The van der Waals surface area contributed by atoms with Gasteiger partial charge in [0.25, 0.3) is 5.91 Å². The Hall–Kier alpha value is -4.15. The molecule has 1 fully saturated rings. The normalized spacial score (nSPS) is 20.6. The molecule has 40 heavy (non-hydrogen) atoms. The molecule has 4 rings (SSSR count). The van der Waals surface area contributed by atoms with Crippen LogP contribution in [0, 0.1) is 0 Å². The predicted octanol–water partition coefficient (Wildman–Crippen LogP) is 2.03. The van der Waals surface area contributed by atoms with E-state index < -0.39 is 48.6 Å². The molecule has 1 saturated heterocycles. The van der Waals surface area contributed by atoms with Gasteiger partial charge in [-0.05, 0) is 31.7 Å². The van der Waals surface area contributed by atoms with Crippen LogP contribution in [0.5, 0.6) is 0 Å². The number of carboxylic acid groups (broad SMARTS) is 3. The summed E-state index contributed by atoms with van der Waals surface area (Å²) in [5.41, 5.74) is -1.88. The number of carboxylic acids is 3. The van der Waals surface area contributed by atoms with Gasteiger partial charge >= 0.3 is 24.1 Å². The van der Waals surface area contributed by atoms with Gasteiger partial charge in [0, 0.05) is 24.8 Å². The number of aliphatic carboxylic acids is 3. The summed E-state index contributed by atoms with van der Waals surface area (Å²) < 4.78 is 41.7. The van der Waals surface area contributed by atoms with Crippen LogP contribution >= 0.6 is 0 Å². The third-order valence-corrected chi connectivity index (χ3v) is 6.65. The van der Waals surface area contributed by atoms with Crippen LogP contribution in [0.4, 0.5) is 19.0 Å². The molecule has 0 aliphatic carbocycles. The first kappa shape index (κ1) is 30.4. The minimum absolute atomic E-state index is 0.0461. The predicted molar refractivity (Wildman–Crippen MR) is 128 cm³/mol. The molecule has 0 saturated carbocycles. The van der Waals surface area contributed by atoms with Crippen molar-refractivity contribution < 1.29 is 52.8 Å². The molecule has 220 valence electrons. The molecule has 2 aromatic heterocycles. The summed E-state index contributed by atoms with van der Waals surface area (Å²) in [5.74, 6) is -4.87. The minimum atomic E-state index is -4.37. The number of nitrogens with zero attached hydrogens (tertiary/aromatic N) is 4. The van der Waals surface area contributed by atoms with Crippen molar-refractivity contribution in [2.45, 2.75) is 75.4 Å². The zero-order valence-corrected chi connectivity index (χ0v) is 21.3. The van der Waals surface area contributed by atoms with E-state index in [-0.39, 0.29) is 24.4 Å². The highest BCUT2D eigenvalue weighted by Gasteiger charge is 2.47. The van der Waals surface area contributed by atoms with Crippen LogP contribution in [0.2, 0.25) is 0 Å². The van der Waals surface area contributed by atoms with Crippen molar-refractivity contribution in [3.8, 4) is 0 Å². The molecule has 0 bridgehead atoms. The lowest BCUT2D eigenvalue weighted by Crippen LogP contribution is -2.42. The van der Waals surface area contributed by atoms with Gasteiger partial charge < -0.3 is 30.6 Å². The molecule has 1 amide bonds. The third kappa shape index (κ3) is 6.88. The van der Waals surface area contributed by atoms with Crippen LogP contribution < -0.4 is 5.32 Å². The Morgan fingerprint density at radius 1 is 1.12 bits per heavy atom. The fourth-order valence-electron chi connectivity index (χ4n) is 4.66. The number of amides is 1. The monoisotopic (exact) mass is 574 g/mol. The largest absolute Gasteiger partial charge is 0.481 e. The van der Waals surface area contributed by atoms with Gasteiger partial charge in [0.2, 0.25) is 0 Å². The number of alkyl halides is 3. The number of carbonyl (C=O) groups excluding carboxylic acids is 1. The lowest BCUT2D eigenvalue weighted by Gasteiger charge is -2.32. The first-order chi connectivity index (χ1) is 18.7. The number of hydrogen-bond donors (Lipinski definition) is 6. The average molecular weight is 575 g/mol. The van der Waals surface area contributed by atoms with Crippen molar-refractivity contribution in [3.63, 3.8) is 0 Å². The van der Waals surface area contributed by atoms with E-state index in [1.54, 1.807) is 17.0 Å². The molecule has 14 nitrogen and oxygen atoms in total. The summed E-state index contributed by atoms with van der Waals surface area (Å²) in [6.45, 7) is 2.40. The van der Waals surface area contributed by atoms with Gasteiger partial charge in [-0.25, -0.2) is 9.48 Å². The maximum absolute atomic E-state index is 13.5. The molecule has 6 N–H and O–H groups in total. The van der Waals surface area contributed by atoms with Crippen LogP contribution in [-0.4, -0.2) is 93.5 Å². The van der Waals surface area contributed by atoms with E-state index in [4.69, 9.17) is 20.4 Å². The Morgan fingerprint density at radius 2 is 1.77 bits per heavy atom. The first-order valence-electron chi connectivity index (χ1n) is 12.3. The molecule has 0 aromatic carbocycles. The summed E-state index contributed by atoms with van der Waals surface area (Å²) in [6, 6.07) is 1.01. The highest BCUT2D eigenvalue weighted by Crippen LogP contribution is 2.42. The van der Waals surface area contributed by atoms with Crippen LogP contribution in [0.1, 0.15) is 73.7 Å². The molecule has 17 heteroatoms. The molecule has 1 unspecified atom stereocenters. The minimum Gasteiger partial charge on any atom is -0.481 e. The smallest absolute Gasteiger partial charge is 0.410 e. The van der Waals surface area contributed by atoms with Crippen LogP contribution in [0.15, 0.2) is 18.3 Å². The van der Waals surface area contributed by atoms with E-state index >= 15 is 0 Å². The summed E-state index contributed by atoms with van der Waals surface area (Å²) in [7, 11) is 0. The Kier molecular flexibility index (Phi) is 9.07. The van der Waals surface area contributed by atoms with E-state index in [1.165, 1.54) is 6.20 Å². The van der Waals surface area contributed by atoms with Crippen LogP contribution in [0.3, 0.4) is 0 Å². The van der Waals surface area contributed by atoms with Gasteiger partial charge in [-0.15, -0.1) is 0 Å². The number of hydrogen-bond acceptors (Lipinski definition) is 8. The fourth-order valence-corrected chi connectivity index (χ4v) is 4.66. The Labute approximate surface area is 224 Å². The lowest BCUT2D eigenvalue weighted by molar-refractivity contribution is -0.173. The van der Waals surface area contributed by atoms with E-state index in [9.17, 15) is 32.3 Å². The number of halogens is 3. The van der Waals surface area contributed by atoms with E-state index in [1.807, 2.05) is 6.92 Å². The molecule has 4 heterocycles. The second-order valence-electron chi connectivity index (χ2n) is 9.55. The molecule has 2 aromatic rings. The summed E-state index contributed by atoms with van der Waals surface area (Å²) >= 11 is 0. The number of H-pyrrole nitrogens is 1. The Balaban J connectivity index is 0.000000289. The van der Waals surface area contributed by atoms with Crippen molar-refractivity contribution in [1.82, 2.24) is 24.9 Å². The lowest BCUT2D eigenvalue weighted by atomic mass is 9.96. The van der Waals surface area contributed by atoms with Crippen molar-refractivity contribution in [3.05, 3.63) is 29.7 Å². The highest BCUT2D eigenvalue weighted by atomic mass is 19.4. The first-order valence-corrected chi connectivity index (χ1v) is 12.3. The van der Waals surface area contributed by atoms with Gasteiger partial charge in [0.15, 0.2) is 11.6 Å². The molecule has 3 atom stereocenters. The number of rotatable bonds is 8. The molecular weight excluding hydrogens is 545 g/mol. The summed E-state index contributed by atoms with van der Waals surface area (Å²) in [5, 5.41) is 47.7. The van der Waals surface area contributed by atoms with Crippen molar-refractivity contribution in [2.75, 3.05) is 11.9 Å². The zero-order valence-electron chi connectivity index (χ0n) is 21.3. The van der Waals surface area contributed by atoms with Gasteiger partial charge in [-0.1, -0.05) is 6.92 Å². The summed E-state index contributed by atoms with van der Waals surface area (Å²) in [4.78, 5) is 44.8. The van der Waals surface area contributed by atoms with Crippen LogP contribution in [-0.2, 0) is 14.4 Å². The van der Waals surface area contributed by atoms with E-state index in [2.05, 4.69) is 20.6 Å². The molecule has 0 spiro atoms. The Morgan fingerprint density at radius 3 is 2.27 bits per heavy atom. The molecule has 2 aliphatic heterocycles. The SMILES string of the molecule is CC[C@@H]1C[C@H](C(F)(F)F)n2nc(C3CCCN3C(=O)c3ccn[nH]3)cc2N1.O=C(O)CC(O)(CC(=O)O)C(=O)O. The van der Waals surface area contributed by atoms with Gasteiger partial charge in [-0.2, -0.15) is 23.4 Å². The number of aromatic amines is 1. The van der Waals surface area contributed by atoms with Crippen molar-refractivity contribution >= 4 is 29.6 Å². The van der Waals surface area contributed by atoms with Gasteiger partial charge in [-0.3, -0.25) is 19.5 Å². The number of nitrogens with one attached hydrogen (secondary N) is 2. The number of aromatic nitrogens is 4. The number of fused-ring (bicyclic) bond motifs is 1. The third-order valence-electron chi connectivity index (χ3n) is 6.65. The molecule has 0 radical (unpaired) electrons. The topological polar surface area (TPSA) is 211 Å². The number of aliphatic hydroxyl groups is 1. The Bertz CT molecular complexity index is 1220. The zero-order chi connectivity index (χ0) is 29.8. The molecule has 2 aliphatic rings. The highest BCUT2D eigenvalue weighted by molar-refractivity contribution is 5.92. The maximum Gasteiger partial charge on any atom is 0.410 e. The standard InChI is InChI=1S/C17H21F3N6O.C6H8O7/c1-2-10-8-14(17(18,19)20)26-15(22-10)9-12(24-26)13-4-3-7-25(13)16(27)11-5-6-21-23-11;7-3(8)1-6(13,5(11)12)2-4(9)10/h5-6,9-10,13-14,22H,2-4,7-8H2,1H3,(H,21,23);13H,1-2H2,(H,7,8)(H,9,10)(H,11,12)/t10-,13?,14-;/m1./s1. The quantitative estimate of drug-likeness (QED) is 0.268. The van der Waals surface area contributed by atoms with Gasteiger partial charge in [0.1, 0.15) is 11.5 Å². The number of likely N-dealkylation sites (tertiary alicyclic amines) is 1. The average Bonchev–Trinajstić information content (AvgIpc) is 3.62. The second-order valence-corrected chi connectivity index (χ2v) is 9.55. The molecular formula is C23H29F3N6O8. The van der Waals surface area contributed by atoms with Crippen molar-refractivity contribution in [1.29, 1.82) is 0 Å². The van der Waals surface area contributed by atoms with Gasteiger partial charge in [0.05, 0.1) is 24.6 Å². The fraction of sp³-hybridized carbons (Fsp3) is 0.565. The van der Waals surface area contributed by atoms with Crippen molar-refractivity contribution in [2.24, 2.45) is 0 Å². The van der Waals surface area contributed by atoms with Crippen LogP contribution in [0.25, 0.3) is 0 Å². The second kappa shape index (κ2) is 11.9. The van der Waals surface area contributed by atoms with E-state index in [0.29, 0.717) is 36.6 Å².